The number of hydrogen-bond donors (Lipinski definition) is 2. The Kier molecular flexibility index (Phi) is 4.32. The normalized spacial score (nSPS) is 24.4. The first-order valence-electron chi connectivity index (χ1n) is 7.33. The zero-order valence-electron chi connectivity index (χ0n) is 13.0. The highest BCUT2D eigenvalue weighted by Gasteiger charge is 2.38. The fourth-order valence-corrected chi connectivity index (χ4v) is 3.22. The summed E-state index contributed by atoms with van der Waals surface area (Å²) in [5.41, 5.74) is 8.62. The molecule has 0 radical (unpaired) electrons. The molecule has 114 valence electrons. The van der Waals surface area contributed by atoms with E-state index in [1.807, 2.05) is 11.0 Å². The van der Waals surface area contributed by atoms with Crippen LogP contribution in [0.25, 0.3) is 0 Å². The molecule has 1 heterocycles. The molecule has 5 nitrogen and oxygen atoms in total. The Labute approximate surface area is 125 Å². The molecule has 0 aromatic heterocycles. The first-order valence-corrected chi connectivity index (χ1v) is 7.33. The quantitative estimate of drug-likeness (QED) is 0.872. The maximum atomic E-state index is 12.1. The van der Waals surface area contributed by atoms with Crippen LogP contribution >= 0.6 is 0 Å². The SMILES string of the molecule is CC[C@H]1C(C)[C@@H](N)c2cc(C(=O)NC)ccc2N1C(C)=O. The number of rotatable bonds is 2. The Morgan fingerprint density at radius 3 is 2.57 bits per heavy atom. The van der Waals surface area contributed by atoms with Crippen LogP contribution in [-0.2, 0) is 4.79 Å². The lowest BCUT2D eigenvalue weighted by molar-refractivity contribution is -0.117. The lowest BCUT2D eigenvalue weighted by atomic mass is 9.81. The van der Waals surface area contributed by atoms with Gasteiger partial charge in [-0.1, -0.05) is 13.8 Å². The number of nitrogens with two attached hydrogens (primary N) is 1. The van der Waals surface area contributed by atoms with Crippen LogP contribution < -0.4 is 16.0 Å². The molecule has 1 aromatic carbocycles. The standard InChI is InChI=1S/C16H23N3O2/c1-5-13-9(2)15(17)12-8-11(16(21)18-4)6-7-14(12)19(13)10(3)20/h6-9,13,15H,5,17H2,1-4H3,(H,18,21)/t9?,13-,15+/m0/s1. The maximum Gasteiger partial charge on any atom is 0.251 e. The monoisotopic (exact) mass is 289 g/mol. The van der Waals surface area contributed by atoms with Crippen LogP contribution in [0.2, 0.25) is 0 Å². The highest BCUT2D eigenvalue weighted by molar-refractivity contribution is 5.97. The molecule has 2 amide bonds. The molecule has 0 saturated heterocycles. The molecular weight excluding hydrogens is 266 g/mol. The van der Waals surface area contributed by atoms with Crippen LogP contribution in [0.4, 0.5) is 5.69 Å². The molecule has 1 aromatic rings. The molecule has 1 unspecified atom stereocenters. The van der Waals surface area contributed by atoms with Gasteiger partial charge < -0.3 is 16.0 Å². The van der Waals surface area contributed by atoms with Gasteiger partial charge in [0.1, 0.15) is 0 Å². The van der Waals surface area contributed by atoms with Gasteiger partial charge in [0.05, 0.1) is 0 Å². The van der Waals surface area contributed by atoms with Crippen molar-refractivity contribution in [3.8, 4) is 0 Å². The lowest BCUT2D eigenvalue weighted by Crippen LogP contribution is -2.50. The fraction of sp³-hybridized carbons (Fsp3) is 0.500. The minimum atomic E-state index is -0.176. The first-order chi connectivity index (χ1) is 9.92. The maximum absolute atomic E-state index is 12.1. The summed E-state index contributed by atoms with van der Waals surface area (Å²) in [7, 11) is 1.60. The summed E-state index contributed by atoms with van der Waals surface area (Å²) in [6, 6.07) is 5.29. The summed E-state index contributed by atoms with van der Waals surface area (Å²) in [6.45, 7) is 5.70. The average Bonchev–Trinajstić information content (AvgIpc) is 2.48. The third-order valence-corrected chi connectivity index (χ3v) is 4.40. The van der Waals surface area contributed by atoms with Crippen molar-refractivity contribution in [1.29, 1.82) is 0 Å². The Morgan fingerprint density at radius 1 is 1.38 bits per heavy atom. The van der Waals surface area contributed by atoms with Crippen molar-refractivity contribution in [1.82, 2.24) is 5.32 Å². The highest BCUT2D eigenvalue weighted by Crippen LogP contribution is 2.40. The lowest BCUT2D eigenvalue weighted by Gasteiger charge is -2.43. The van der Waals surface area contributed by atoms with Crippen LogP contribution in [0.15, 0.2) is 18.2 Å². The minimum absolute atomic E-state index is 0.00884. The molecule has 21 heavy (non-hydrogen) atoms. The molecule has 0 saturated carbocycles. The molecule has 0 bridgehead atoms. The molecule has 3 atom stereocenters. The van der Waals surface area contributed by atoms with Gasteiger partial charge in [-0.15, -0.1) is 0 Å². The number of hydrogen-bond acceptors (Lipinski definition) is 3. The van der Waals surface area contributed by atoms with Crippen molar-refractivity contribution in [3.63, 3.8) is 0 Å². The molecule has 0 aliphatic carbocycles. The summed E-state index contributed by atoms with van der Waals surface area (Å²) in [4.78, 5) is 25.7. The van der Waals surface area contributed by atoms with Gasteiger partial charge in [0, 0.05) is 37.3 Å². The molecule has 1 aliphatic rings. The summed E-state index contributed by atoms with van der Waals surface area (Å²) < 4.78 is 0. The van der Waals surface area contributed by atoms with E-state index in [0.717, 1.165) is 17.7 Å². The van der Waals surface area contributed by atoms with Gasteiger partial charge in [-0.2, -0.15) is 0 Å². The fourth-order valence-electron chi connectivity index (χ4n) is 3.22. The smallest absolute Gasteiger partial charge is 0.251 e. The zero-order valence-corrected chi connectivity index (χ0v) is 13.0. The third kappa shape index (κ3) is 2.53. The van der Waals surface area contributed by atoms with Crippen molar-refractivity contribution in [2.24, 2.45) is 11.7 Å². The van der Waals surface area contributed by atoms with E-state index < -0.39 is 0 Å². The van der Waals surface area contributed by atoms with E-state index in [0.29, 0.717) is 5.56 Å². The molecule has 2 rings (SSSR count). The van der Waals surface area contributed by atoms with Crippen LogP contribution in [0.1, 0.15) is 49.2 Å². The summed E-state index contributed by atoms with van der Waals surface area (Å²) in [5.74, 6) is 0.00511. The van der Waals surface area contributed by atoms with E-state index in [9.17, 15) is 9.59 Å². The van der Waals surface area contributed by atoms with Crippen LogP contribution in [-0.4, -0.2) is 24.9 Å². The summed E-state index contributed by atoms with van der Waals surface area (Å²) >= 11 is 0. The molecule has 0 spiro atoms. The van der Waals surface area contributed by atoms with Gasteiger partial charge in [0.2, 0.25) is 5.91 Å². The van der Waals surface area contributed by atoms with Crippen molar-refractivity contribution >= 4 is 17.5 Å². The van der Waals surface area contributed by atoms with Gasteiger partial charge in [0.25, 0.3) is 5.91 Å². The molecule has 5 heteroatoms. The van der Waals surface area contributed by atoms with Crippen molar-refractivity contribution in [2.75, 3.05) is 11.9 Å². The van der Waals surface area contributed by atoms with E-state index in [-0.39, 0.29) is 29.8 Å². The number of fused-ring (bicyclic) bond motifs is 1. The number of nitrogens with one attached hydrogen (secondary N) is 1. The van der Waals surface area contributed by atoms with Gasteiger partial charge in [-0.3, -0.25) is 9.59 Å². The van der Waals surface area contributed by atoms with E-state index in [1.54, 1.807) is 26.1 Å². The number of carbonyl (C=O) groups excluding carboxylic acids is 2. The molecule has 3 N–H and O–H groups in total. The number of benzene rings is 1. The molecule has 0 fully saturated rings. The average molecular weight is 289 g/mol. The Hall–Kier alpha value is -1.88. The van der Waals surface area contributed by atoms with E-state index in [4.69, 9.17) is 5.73 Å². The van der Waals surface area contributed by atoms with Gasteiger partial charge in [0.15, 0.2) is 0 Å². The second-order valence-corrected chi connectivity index (χ2v) is 5.60. The molecular formula is C16H23N3O2. The van der Waals surface area contributed by atoms with Crippen LogP contribution in [0, 0.1) is 5.92 Å². The Balaban J connectivity index is 2.57. The van der Waals surface area contributed by atoms with Crippen LogP contribution in [0.3, 0.4) is 0 Å². The van der Waals surface area contributed by atoms with E-state index in [2.05, 4.69) is 19.2 Å². The number of nitrogens with zero attached hydrogens (tertiary/aromatic N) is 1. The third-order valence-electron chi connectivity index (χ3n) is 4.40. The predicted octanol–water partition coefficient (Wildman–Crippen LogP) is 1.83. The Bertz CT molecular complexity index is 571. The van der Waals surface area contributed by atoms with Crippen molar-refractivity contribution < 1.29 is 9.59 Å². The Morgan fingerprint density at radius 2 is 2.05 bits per heavy atom. The summed E-state index contributed by atoms with van der Waals surface area (Å²) in [5, 5.41) is 2.61. The highest BCUT2D eigenvalue weighted by atomic mass is 16.2. The largest absolute Gasteiger partial charge is 0.355 e. The van der Waals surface area contributed by atoms with Crippen molar-refractivity contribution in [3.05, 3.63) is 29.3 Å². The zero-order chi connectivity index (χ0) is 15.7. The van der Waals surface area contributed by atoms with Gasteiger partial charge in [-0.05, 0) is 36.1 Å². The topological polar surface area (TPSA) is 75.4 Å². The van der Waals surface area contributed by atoms with E-state index in [1.165, 1.54) is 0 Å². The van der Waals surface area contributed by atoms with Gasteiger partial charge in [-0.25, -0.2) is 0 Å². The van der Waals surface area contributed by atoms with Gasteiger partial charge >= 0.3 is 0 Å². The predicted molar refractivity (Wildman–Crippen MR) is 83.2 cm³/mol. The first kappa shape index (κ1) is 15.5. The second kappa shape index (κ2) is 5.85. The summed E-state index contributed by atoms with van der Waals surface area (Å²) in [6.07, 6.45) is 0.852. The number of amides is 2. The van der Waals surface area contributed by atoms with Crippen LogP contribution in [0.5, 0.6) is 0 Å². The van der Waals surface area contributed by atoms with Crippen molar-refractivity contribution in [2.45, 2.75) is 39.3 Å². The second-order valence-electron chi connectivity index (χ2n) is 5.60. The van der Waals surface area contributed by atoms with E-state index >= 15 is 0 Å². The number of carbonyl (C=O) groups is 2. The number of anilines is 1. The molecule has 1 aliphatic heterocycles. The minimum Gasteiger partial charge on any atom is -0.355 e.